The van der Waals surface area contributed by atoms with E-state index in [1.54, 1.807) is 0 Å². The van der Waals surface area contributed by atoms with E-state index in [1.165, 1.54) is 60.2 Å². The van der Waals surface area contributed by atoms with E-state index in [0.29, 0.717) is 11.2 Å². The summed E-state index contributed by atoms with van der Waals surface area (Å²) in [6.45, 7) is 6.82. The first kappa shape index (κ1) is 33.4. The number of benzene rings is 8. The van der Waals surface area contributed by atoms with E-state index in [-0.39, 0.29) is 0 Å². The molecular formula is C55H37N3O. The molecule has 4 aromatic heterocycles. The molecular weight excluding hydrogens is 719 g/mol. The lowest BCUT2D eigenvalue weighted by Crippen LogP contribution is -2.24. The Bertz CT molecular complexity index is 3760. The molecule has 0 saturated carbocycles. The third-order valence-corrected chi connectivity index (χ3v) is 12.2. The van der Waals surface area contributed by atoms with Crippen LogP contribution in [-0.2, 0) is 0 Å². The highest BCUT2D eigenvalue weighted by atomic mass is 16.3. The summed E-state index contributed by atoms with van der Waals surface area (Å²) in [5.41, 5.74) is 14.0. The maximum atomic E-state index is 6.85. The fourth-order valence-electron chi connectivity index (χ4n) is 9.50. The Kier molecular flexibility index (Phi) is 7.32. The molecule has 0 saturated heterocycles. The molecule has 0 aliphatic carbocycles. The Morgan fingerprint density at radius 1 is 0.508 bits per heavy atom. The summed E-state index contributed by atoms with van der Waals surface area (Å²) >= 11 is 0. The van der Waals surface area contributed by atoms with Gasteiger partial charge in [0, 0.05) is 48.6 Å². The molecule has 0 N–H and O–H groups in total. The van der Waals surface area contributed by atoms with Crippen molar-refractivity contribution < 1.29 is 4.42 Å². The molecule has 12 aromatic rings. The van der Waals surface area contributed by atoms with Crippen molar-refractivity contribution in [2.24, 2.45) is 4.99 Å². The van der Waals surface area contributed by atoms with Gasteiger partial charge in [-0.25, -0.2) is 4.99 Å². The van der Waals surface area contributed by atoms with Crippen molar-refractivity contribution >= 4 is 89.0 Å². The van der Waals surface area contributed by atoms with Crippen LogP contribution in [0.4, 0.5) is 0 Å². The molecule has 59 heavy (non-hydrogen) atoms. The number of nitrogens with zero attached hydrogens (tertiary/aromatic N) is 3. The molecule has 278 valence electrons. The number of furan rings is 1. The summed E-state index contributed by atoms with van der Waals surface area (Å²) < 4.78 is 11.7. The predicted molar refractivity (Wildman–Crippen MR) is 248 cm³/mol. The Labute approximate surface area is 339 Å². The van der Waals surface area contributed by atoms with Crippen LogP contribution in [0, 0.1) is 0 Å². The minimum absolute atomic E-state index is 0.658. The molecule has 0 amide bonds. The number of hydrogen-bond acceptors (Lipinski definition) is 2. The zero-order valence-corrected chi connectivity index (χ0v) is 32.5. The van der Waals surface area contributed by atoms with Crippen molar-refractivity contribution in [3.05, 3.63) is 198 Å². The Balaban J connectivity index is 1.31. The van der Waals surface area contributed by atoms with Crippen LogP contribution in [-0.4, -0.2) is 14.7 Å². The smallest absolute Gasteiger partial charge is 0.182 e. The second-order valence-corrected chi connectivity index (χ2v) is 15.4. The first-order valence-electron chi connectivity index (χ1n) is 20.3. The molecule has 0 aliphatic rings. The summed E-state index contributed by atoms with van der Waals surface area (Å²) in [5.74, 6) is 0.715. The van der Waals surface area contributed by atoms with Crippen LogP contribution in [0.15, 0.2) is 191 Å². The lowest BCUT2D eigenvalue weighted by Gasteiger charge is -2.11. The lowest BCUT2D eigenvalue weighted by molar-refractivity contribution is 0.568. The van der Waals surface area contributed by atoms with E-state index in [9.17, 15) is 0 Å². The van der Waals surface area contributed by atoms with E-state index in [2.05, 4.69) is 186 Å². The topological polar surface area (TPSA) is 34.8 Å². The van der Waals surface area contributed by atoms with Gasteiger partial charge in [0.25, 0.3) is 0 Å². The van der Waals surface area contributed by atoms with Gasteiger partial charge in [-0.3, -0.25) is 4.57 Å². The highest BCUT2D eigenvalue weighted by Crippen LogP contribution is 2.47. The van der Waals surface area contributed by atoms with Gasteiger partial charge in [0.2, 0.25) is 0 Å². The largest absolute Gasteiger partial charge is 0.452 e. The number of hydrogen-bond donors (Lipinski definition) is 0. The second kappa shape index (κ2) is 12.9. The Hall–Kier alpha value is -7.69. The van der Waals surface area contributed by atoms with Crippen LogP contribution in [0.1, 0.15) is 18.9 Å². The van der Waals surface area contributed by atoms with Gasteiger partial charge in [0.1, 0.15) is 5.58 Å². The zero-order chi connectivity index (χ0) is 39.2. The van der Waals surface area contributed by atoms with E-state index in [1.807, 2.05) is 18.2 Å². The zero-order valence-electron chi connectivity index (χ0n) is 32.5. The predicted octanol–water partition coefficient (Wildman–Crippen LogP) is 12.9. The summed E-state index contributed by atoms with van der Waals surface area (Å²) in [6, 6.07) is 65.1. The van der Waals surface area contributed by atoms with Crippen LogP contribution < -0.4 is 10.6 Å². The molecule has 0 aliphatic heterocycles. The molecule has 8 aromatic carbocycles. The van der Waals surface area contributed by atoms with Gasteiger partial charge >= 0.3 is 0 Å². The monoisotopic (exact) mass is 755 g/mol. The molecule has 0 bridgehead atoms. The number of fused-ring (bicyclic) bond motifs is 11. The first-order valence-corrected chi connectivity index (χ1v) is 20.3. The summed E-state index contributed by atoms with van der Waals surface area (Å²) in [5, 5.41) is 9.02. The van der Waals surface area contributed by atoms with Crippen LogP contribution in [0.3, 0.4) is 0 Å². The molecule has 0 radical (unpaired) electrons. The van der Waals surface area contributed by atoms with Crippen LogP contribution in [0.25, 0.3) is 106 Å². The fourth-order valence-corrected chi connectivity index (χ4v) is 9.50. The van der Waals surface area contributed by atoms with Gasteiger partial charge in [-0.2, -0.15) is 0 Å². The van der Waals surface area contributed by atoms with E-state index >= 15 is 0 Å². The summed E-state index contributed by atoms with van der Waals surface area (Å²) in [6.07, 6.45) is 0.732. The molecule has 4 heterocycles. The second-order valence-electron chi connectivity index (χ2n) is 15.4. The standard InChI is InChI=1S/C55H37N3O/c1-3-45(37-21-11-6-12-22-37)56-55(54-34(2)40-23-14-16-26-50(40)59-54)58-47-30-28-38(35-17-7-4-8-18-35)31-44(47)51-49(58)33-43-41-29-27-39(36-19-9-5-10-20-36)32-48(41)57-46-25-15-13-24-42(46)52(51)53(43)57/h4-33H,2-3H2,1H3/b55-54-,56-45?. The molecule has 0 unspecified atom stereocenters. The fraction of sp³-hybridized carbons (Fsp3) is 0.0364. The van der Waals surface area contributed by atoms with Gasteiger partial charge in [0.15, 0.2) is 11.2 Å². The minimum Gasteiger partial charge on any atom is -0.452 e. The van der Waals surface area contributed by atoms with Gasteiger partial charge < -0.3 is 8.82 Å². The lowest BCUT2D eigenvalue weighted by atomic mass is 9.99. The van der Waals surface area contributed by atoms with Gasteiger partial charge in [0.05, 0.1) is 27.6 Å². The highest BCUT2D eigenvalue weighted by Gasteiger charge is 2.26. The average molecular weight is 756 g/mol. The normalized spacial score (nSPS) is 13.0. The first-order chi connectivity index (χ1) is 29.2. The minimum atomic E-state index is 0.658. The maximum absolute atomic E-state index is 6.85. The maximum Gasteiger partial charge on any atom is 0.182 e. The highest BCUT2D eigenvalue weighted by molar-refractivity contribution is 6.36. The van der Waals surface area contributed by atoms with Crippen molar-refractivity contribution in [2.75, 3.05) is 0 Å². The van der Waals surface area contributed by atoms with E-state index in [0.717, 1.165) is 55.9 Å². The number of aromatic nitrogens is 2. The summed E-state index contributed by atoms with van der Waals surface area (Å²) in [7, 11) is 0. The van der Waals surface area contributed by atoms with Crippen molar-refractivity contribution in [2.45, 2.75) is 13.3 Å². The molecule has 4 heteroatoms. The Morgan fingerprint density at radius 2 is 1.15 bits per heavy atom. The number of rotatable bonds is 6. The third kappa shape index (κ3) is 4.93. The molecule has 0 atom stereocenters. The van der Waals surface area contributed by atoms with Gasteiger partial charge in [-0.1, -0.05) is 159 Å². The van der Waals surface area contributed by atoms with Gasteiger partial charge in [-0.15, -0.1) is 0 Å². The quantitative estimate of drug-likeness (QED) is 0.156. The average Bonchev–Trinajstić information content (AvgIpc) is 4.02. The van der Waals surface area contributed by atoms with Crippen molar-refractivity contribution in [1.29, 1.82) is 0 Å². The van der Waals surface area contributed by atoms with Crippen molar-refractivity contribution in [1.82, 2.24) is 8.97 Å². The van der Waals surface area contributed by atoms with Gasteiger partial charge in [-0.05, 0) is 70.6 Å². The molecule has 12 rings (SSSR count). The van der Waals surface area contributed by atoms with Crippen LogP contribution in [0.2, 0.25) is 0 Å². The van der Waals surface area contributed by atoms with Crippen molar-refractivity contribution in [3.8, 4) is 22.3 Å². The third-order valence-electron chi connectivity index (χ3n) is 12.2. The molecule has 0 fully saturated rings. The SMILES string of the molecule is C=c1/c(=C(\N=C(CC)c2ccccc2)n2c3ccc(-c4ccccc4)cc3c3c4c5ccccc5n5c6cc(-c7ccccc7)ccc6c(cc32)c45)oc2ccccc12. The number of para-hydroxylation sites is 2. The van der Waals surface area contributed by atoms with E-state index in [4.69, 9.17) is 9.41 Å². The van der Waals surface area contributed by atoms with Crippen molar-refractivity contribution in [3.63, 3.8) is 0 Å². The summed E-state index contributed by atoms with van der Waals surface area (Å²) in [4.78, 5) is 5.66. The molecule has 0 spiro atoms. The molecule has 4 nitrogen and oxygen atoms in total. The van der Waals surface area contributed by atoms with Crippen LogP contribution >= 0.6 is 0 Å². The van der Waals surface area contributed by atoms with E-state index < -0.39 is 0 Å². The van der Waals surface area contributed by atoms with Crippen LogP contribution in [0.5, 0.6) is 0 Å². The Morgan fingerprint density at radius 3 is 1.88 bits per heavy atom. The number of aliphatic imine (C=N–C) groups is 1.